The van der Waals surface area contributed by atoms with E-state index in [0.29, 0.717) is 33.7 Å². The maximum absolute atomic E-state index is 13.1. The summed E-state index contributed by atoms with van der Waals surface area (Å²) < 4.78 is 29.0. The van der Waals surface area contributed by atoms with Crippen molar-refractivity contribution < 1.29 is 8.42 Å². The van der Waals surface area contributed by atoms with Gasteiger partial charge in [0.15, 0.2) is 0 Å². The van der Waals surface area contributed by atoms with Crippen molar-refractivity contribution in [2.24, 2.45) is 5.41 Å². The lowest BCUT2D eigenvalue weighted by Gasteiger charge is -2.34. The number of fused-ring (bicyclic) bond motifs is 1. The number of pyridine rings is 1. The summed E-state index contributed by atoms with van der Waals surface area (Å²) in [4.78, 5) is 6.37. The number of rotatable bonds is 4. The van der Waals surface area contributed by atoms with E-state index in [9.17, 15) is 8.42 Å². The maximum Gasteiger partial charge on any atom is 0.259 e. The second-order valence-corrected chi connectivity index (χ2v) is 11.5. The first-order valence-corrected chi connectivity index (χ1v) is 12.6. The second kappa shape index (κ2) is 8.58. The van der Waals surface area contributed by atoms with Gasteiger partial charge in [-0.1, -0.05) is 61.7 Å². The van der Waals surface area contributed by atoms with E-state index in [2.05, 4.69) is 30.5 Å². The normalized spacial score (nSPS) is 19.1. The first-order valence-electron chi connectivity index (χ1n) is 10.4. The highest BCUT2D eigenvalue weighted by molar-refractivity contribution is 7.93. The van der Waals surface area contributed by atoms with Crippen molar-refractivity contribution >= 4 is 38.8 Å². The summed E-state index contributed by atoms with van der Waals surface area (Å²) in [5.74, 6) is 0.465. The van der Waals surface area contributed by atoms with Crippen molar-refractivity contribution in [2.45, 2.75) is 33.6 Å². The van der Waals surface area contributed by atoms with E-state index >= 15 is 0 Å². The maximum atomic E-state index is 13.1. The molecule has 3 aliphatic rings. The van der Waals surface area contributed by atoms with E-state index < -0.39 is 10.0 Å². The minimum Gasteiger partial charge on any atom is -0.322 e. The Morgan fingerprint density at radius 2 is 1.84 bits per heavy atom. The Bertz CT molecular complexity index is 1250. The lowest BCUT2D eigenvalue weighted by atomic mass is 9.82. The topological polar surface area (TPSA) is 62.3 Å². The Morgan fingerprint density at radius 3 is 2.50 bits per heavy atom. The third-order valence-corrected chi connectivity index (χ3v) is 7.73. The summed E-state index contributed by atoms with van der Waals surface area (Å²) in [6.45, 7) is 6.87. The molecule has 0 saturated carbocycles. The average Bonchev–Trinajstić information content (AvgIpc) is 2.75. The van der Waals surface area contributed by atoms with Gasteiger partial charge in [0.05, 0.1) is 20.7 Å². The van der Waals surface area contributed by atoms with Crippen LogP contribution in [0.2, 0.25) is 5.02 Å². The Balaban J connectivity index is 1.57. The molecule has 8 heteroatoms. The van der Waals surface area contributed by atoms with Crippen LogP contribution >= 0.6 is 23.2 Å². The standard InChI is InChI=1S/C24H25Cl2N3O2S/c1-24(2,3)18-4-6-20(7-5-18)32(30,31)28-23-9-8-21(26)22-13-16(10-11-29(22)23)17-12-19(25)15-27-14-17/h4,6,8-10,12-15,28H,5,7,11H2,1-3H3. The number of halogens is 2. The van der Waals surface area contributed by atoms with Gasteiger partial charge in [-0.25, -0.2) is 8.42 Å². The molecule has 0 saturated heterocycles. The Hall–Kier alpha value is -2.28. The lowest BCUT2D eigenvalue weighted by Crippen LogP contribution is -2.38. The predicted molar refractivity (Wildman–Crippen MR) is 131 cm³/mol. The molecule has 1 aromatic heterocycles. The van der Waals surface area contributed by atoms with E-state index in [1.165, 1.54) is 5.57 Å². The molecular formula is C24H25Cl2N3O2S. The largest absolute Gasteiger partial charge is 0.322 e. The molecule has 1 aromatic rings. The quantitative estimate of drug-likeness (QED) is 0.574. The highest BCUT2D eigenvalue weighted by atomic mass is 35.5. The van der Waals surface area contributed by atoms with E-state index in [0.717, 1.165) is 23.3 Å². The van der Waals surface area contributed by atoms with Gasteiger partial charge in [0.1, 0.15) is 5.82 Å². The van der Waals surface area contributed by atoms with Crippen LogP contribution in [0.25, 0.3) is 5.57 Å². The number of hydrogen-bond acceptors (Lipinski definition) is 4. The van der Waals surface area contributed by atoms with Gasteiger partial charge in [-0.05, 0) is 54.2 Å². The van der Waals surface area contributed by atoms with Crippen molar-refractivity contribution in [1.29, 1.82) is 0 Å². The van der Waals surface area contributed by atoms with Crippen molar-refractivity contribution in [3.05, 3.63) is 92.5 Å². The number of hydrogen-bond donors (Lipinski definition) is 1. The minimum atomic E-state index is -3.68. The summed E-state index contributed by atoms with van der Waals surface area (Å²) in [6.07, 6.45) is 15.5. The van der Waals surface area contributed by atoms with Crippen molar-refractivity contribution in [2.75, 3.05) is 6.54 Å². The lowest BCUT2D eigenvalue weighted by molar-refractivity contribution is 0.454. The number of aromatic nitrogens is 1. The summed E-state index contributed by atoms with van der Waals surface area (Å²) >= 11 is 12.5. The zero-order chi connectivity index (χ0) is 23.1. The first-order chi connectivity index (χ1) is 15.0. The Morgan fingerprint density at radius 1 is 1.06 bits per heavy atom. The highest BCUT2D eigenvalue weighted by Crippen LogP contribution is 2.36. The Labute approximate surface area is 199 Å². The Kier molecular flexibility index (Phi) is 6.14. The predicted octanol–water partition coefficient (Wildman–Crippen LogP) is 5.87. The van der Waals surface area contributed by atoms with E-state index in [1.807, 2.05) is 29.2 Å². The fourth-order valence-electron chi connectivity index (χ4n) is 3.86. The fourth-order valence-corrected chi connectivity index (χ4v) is 5.45. The highest BCUT2D eigenvalue weighted by Gasteiger charge is 2.29. The molecule has 0 amide bonds. The molecule has 2 aliphatic heterocycles. The molecule has 0 radical (unpaired) electrons. The van der Waals surface area contributed by atoms with Crippen LogP contribution < -0.4 is 4.72 Å². The molecule has 1 aliphatic carbocycles. The number of nitrogens with one attached hydrogen (secondary N) is 1. The van der Waals surface area contributed by atoms with Crippen LogP contribution in [0.5, 0.6) is 0 Å². The molecule has 1 N–H and O–H groups in total. The van der Waals surface area contributed by atoms with Crippen LogP contribution in [0.3, 0.4) is 0 Å². The van der Waals surface area contributed by atoms with Crippen molar-refractivity contribution in [1.82, 2.24) is 14.6 Å². The van der Waals surface area contributed by atoms with Crippen LogP contribution in [0, 0.1) is 5.41 Å². The van der Waals surface area contributed by atoms with Gasteiger partial charge in [-0.3, -0.25) is 9.71 Å². The molecule has 0 aromatic carbocycles. The van der Waals surface area contributed by atoms with Crippen LogP contribution in [-0.2, 0) is 10.0 Å². The molecule has 0 unspecified atom stereocenters. The summed E-state index contributed by atoms with van der Waals surface area (Å²) in [6, 6.07) is 1.84. The molecule has 0 fully saturated rings. The van der Waals surface area contributed by atoms with Gasteiger partial charge >= 0.3 is 0 Å². The van der Waals surface area contributed by atoms with Crippen LogP contribution in [0.15, 0.2) is 81.9 Å². The van der Waals surface area contributed by atoms with E-state index in [1.54, 1.807) is 30.6 Å². The molecule has 168 valence electrons. The monoisotopic (exact) mass is 489 g/mol. The van der Waals surface area contributed by atoms with Crippen molar-refractivity contribution in [3.8, 4) is 0 Å². The van der Waals surface area contributed by atoms with Gasteiger partial charge < -0.3 is 4.90 Å². The average molecular weight is 490 g/mol. The third-order valence-electron chi connectivity index (χ3n) is 5.70. The molecule has 3 heterocycles. The second-order valence-electron chi connectivity index (χ2n) is 8.94. The molecule has 0 atom stereocenters. The van der Waals surface area contributed by atoms with Gasteiger partial charge in [0.2, 0.25) is 0 Å². The van der Waals surface area contributed by atoms with Crippen LogP contribution in [-0.4, -0.2) is 24.8 Å². The van der Waals surface area contributed by atoms with Gasteiger partial charge in [0.25, 0.3) is 10.0 Å². The van der Waals surface area contributed by atoms with Gasteiger partial charge in [0, 0.05) is 24.5 Å². The van der Waals surface area contributed by atoms with Gasteiger partial charge in [-0.2, -0.15) is 0 Å². The van der Waals surface area contributed by atoms with E-state index in [-0.39, 0.29) is 5.41 Å². The van der Waals surface area contributed by atoms with Crippen LogP contribution in [0.1, 0.15) is 39.2 Å². The summed E-state index contributed by atoms with van der Waals surface area (Å²) in [5.41, 5.74) is 3.80. The number of nitrogens with zero attached hydrogens (tertiary/aromatic N) is 2. The zero-order valence-corrected chi connectivity index (χ0v) is 20.5. The minimum absolute atomic E-state index is 0.0305. The van der Waals surface area contributed by atoms with Crippen molar-refractivity contribution in [3.63, 3.8) is 0 Å². The fraction of sp³-hybridized carbons (Fsp3) is 0.292. The number of sulfonamides is 1. The molecule has 5 nitrogen and oxygen atoms in total. The molecule has 0 bridgehead atoms. The SMILES string of the molecule is CC(C)(C)C1=CC=C(S(=O)(=O)NC2=CC=C(Cl)C3=CC(c4cncc(Cl)c4)=CCN23)CC1. The molecule has 0 spiro atoms. The zero-order valence-electron chi connectivity index (χ0n) is 18.2. The summed E-state index contributed by atoms with van der Waals surface area (Å²) in [5, 5.41) is 1.08. The molecular weight excluding hydrogens is 465 g/mol. The first kappa shape index (κ1) is 22.9. The van der Waals surface area contributed by atoms with Crippen LogP contribution in [0.4, 0.5) is 0 Å². The molecule has 32 heavy (non-hydrogen) atoms. The van der Waals surface area contributed by atoms with Gasteiger partial charge in [-0.15, -0.1) is 0 Å². The smallest absolute Gasteiger partial charge is 0.259 e. The number of allylic oxidation sites excluding steroid dienone is 9. The van der Waals surface area contributed by atoms with E-state index in [4.69, 9.17) is 23.2 Å². The summed E-state index contributed by atoms with van der Waals surface area (Å²) in [7, 11) is -3.68. The third kappa shape index (κ3) is 4.72. The molecule has 4 rings (SSSR count).